The van der Waals surface area contributed by atoms with E-state index in [1.165, 1.54) is 0 Å². The Balaban J connectivity index is 2.27. The standard InChI is InChI=1S/C18H27ClN2O/c1-17(2,3)10-16-20-15(11-21(16)6)12-7-13(18(4,5)22)9-14(19)8-12/h7-9,11,16,20,22H,10H2,1-6H3. The molecule has 0 spiro atoms. The van der Waals surface area contributed by atoms with Crippen molar-refractivity contribution >= 4 is 17.3 Å². The van der Waals surface area contributed by atoms with Crippen LogP contribution in [0.1, 0.15) is 52.2 Å². The lowest BCUT2D eigenvalue weighted by Crippen LogP contribution is -2.36. The second kappa shape index (κ2) is 5.78. The van der Waals surface area contributed by atoms with Gasteiger partial charge in [0.2, 0.25) is 0 Å². The fourth-order valence-corrected chi connectivity index (χ4v) is 2.88. The number of hydrogen-bond donors (Lipinski definition) is 2. The van der Waals surface area contributed by atoms with Gasteiger partial charge in [-0.3, -0.25) is 0 Å². The van der Waals surface area contributed by atoms with E-state index in [9.17, 15) is 5.11 Å². The summed E-state index contributed by atoms with van der Waals surface area (Å²) in [7, 11) is 2.08. The number of rotatable bonds is 3. The van der Waals surface area contributed by atoms with Gasteiger partial charge in [-0.1, -0.05) is 32.4 Å². The minimum absolute atomic E-state index is 0.252. The predicted octanol–water partition coefficient (Wildman–Crippen LogP) is 4.16. The van der Waals surface area contributed by atoms with Gasteiger partial charge >= 0.3 is 0 Å². The average molecular weight is 323 g/mol. The third-order valence-electron chi connectivity index (χ3n) is 3.87. The normalized spacial score (nSPS) is 19.2. The zero-order valence-corrected chi connectivity index (χ0v) is 15.1. The molecule has 1 aromatic carbocycles. The van der Waals surface area contributed by atoms with Gasteiger partial charge in [-0.05, 0) is 49.4 Å². The summed E-state index contributed by atoms with van der Waals surface area (Å²) in [6.07, 6.45) is 3.43. The minimum Gasteiger partial charge on any atom is -0.386 e. The maximum Gasteiger partial charge on any atom is 0.0988 e. The first-order chi connectivity index (χ1) is 9.95. The fourth-order valence-electron chi connectivity index (χ4n) is 2.64. The molecule has 22 heavy (non-hydrogen) atoms. The molecule has 1 aliphatic heterocycles. The van der Waals surface area contributed by atoms with Crippen molar-refractivity contribution in [3.05, 3.63) is 40.5 Å². The first-order valence-electron chi connectivity index (χ1n) is 7.70. The van der Waals surface area contributed by atoms with Crippen LogP contribution in [0.15, 0.2) is 24.4 Å². The lowest BCUT2D eigenvalue weighted by molar-refractivity contribution is 0.0786. The molecule has 0 amide bonds. The predicted molar refractivity (Wildman–Crippen MR) is 93.4 cm³/mol. The molecule has 4 heteroatoms. The molecule has 0 aromatic heterocycles. The fraction of sp³-hybridized carbons (Fsp3) is 0.556. The molecule has 3 nitrogen and oxygen atoms in total. The molecular weight excluding hydrogens is 296 g/mol. The van der Waals surface area contributed by atoms with Gasteiger partial charge in [-0.15, -0.1) is 0 Å². The molecule has 0 bridgehead atoms. The highest BCUT2D eigenvalue weighted by Gasteiger charge is 2.27. The van der Waals surface area contributed by atoms with Crippen LogP contribution in [0, 0.1) is 5.41 Å². The number of nitrogens with zero attached hydrogens (tertiary/aromatic N) is 1. The van der Waals surface area contributed by atoms with Crippen molar-refractivity contribution in [3.8, 4) is 0 Å². The van der Waals surface area contributed by atoms with Crippen LogP contribution in [0.3, 0.4) is 0 Å². The second-order valence-electron chi connectivity index (χ2n) is 7.92. The summed E-state index contributed by atoms with van der Waals surface area (Å²) in [6, 6.07) is 5.75. The van der Waals surface area contributed by atoms with Crippen LogP contribution >= 0.6 is 11.6 Å². The molecule has 0 saturated heterocycles. The Morgan fingerprint density at radius 2 is 1.82 bits per heavy atom. The molecule has 2 N–H and O–H groups in total. The quantitative estimate of drug-likeness (QED) is 0.877. The smallest absolute Gasteiger partial charge is 0.0988 e. The summed E-state index contributed by atoms with van der Waals surface area (Å²) >= 11 is 6.23. The summed E-state index contributed by atoms with van der Waals surface area (Å²) in [5, 5.41) is 14.4. The van der Waals surface area contributed by atoms with Crippen LogP contribution in [-0.4, -0.2) is 23.2 Å². The van der Waals surface area contributed by atoms with Gasteiger partial charge in [0.05, 0.1) is 17.5 Å². The largest absolute Gasteiger partial charge is 0.386 e. The van der Waals surface area contributed by atoms with E-state index in [0.29, 0.717) is 5.02 Å². The van der Waals surface area contributed by atoms with Crippen molar-refractivity contribution < 1.29 is 5.11 Å². The molecule has 0 radical (unpaired) electrons. The highest BCUT2D eigenvalue weighted by Crippen LogP contribution is 2.31. The van der Waals surface area contributed by atoms with Crippen molar-refractivity contribution in [2.75, 3.05) is 7.05 Å². The molecule has 0 aliphatic carbocycles. The minimum atomic E-state index is -0.907. The monoisotopic (exact) mass is 322 g/mol. The SMILES string of the molecule is CN1C=C(c2cc(Cl)cc(C(C)(C)O)c2)NC1CC(C)(C)C. The summed E-state index contributed by atoms with van der Waals surface area (Å²) in [6.45, 7) is 10.3. The van der Waals surface area contributed by atoms with Crippen LogP contribution in [0.2, 0.25) is 5.02 Å². The summed E-state index contributed by atoms with van der Waals surface area (Å²) < 4.78 is 0. The molecule has 1 heterocycles. The maximum atomic E-state index is 10.2. The second-order valence-corrected chi connectivity index (χ2v) is 8.36. The van der Waals surface area contributed by atoms with E-state index in [4.69, 9.17) is 11.6 Å². The van der Waals surface area contributed by atoms with Crippen molar-refractivity contribution in [3.63, 3.8) is 0 Å². The Kier molecular flexibility index (Phi) is 4.51. The molecule has 0 saturated carbocycles. The Hall–Kier alpha value is -1.19. The Bertz CT molecular complexity index is 582. The molecule has 2 rings (SSSR count). The van der Waals surface area contributed by atoms with Gasteiger partial charge in [0.15, 0.2) is 0 Å². The molecular formula is C18H27ClN2O. The number of aliphatic hydroxyl groups is 1. The first kappa shape index (κ1) is 17.2. The third kappa shape index (κ3) is 4.17. The lowest BCUT2D eigenvalue weighted by Gasteiger charge is -2.28. The number of hydrogen-bond acceptors (Lipinski definition) is 3. The zero-order valence-electron chi connectivity index (χ0n) is 14.4. The Labute approximate surface area is 139 Å². The average Bonchev–Trinajstić information content (AvgIpc) is 2.67. The number of halogens is 1. The summed E-state index contributed by atoms with van der Waals surface area (Å²) in [4.78, 5) is 2.20. The highest BCUT2D eigenvalue weighted by molar-refractivity contribution is 6.30. The summed E-state index contributed by atoms with van der Waals surface area (Å²) in [5.74, 6) is 0. The van der Waals surface area contributed by atoms with E-state index in [1.54, 1.807) is 13.8 Å². The van der Waals surface area contributed by atoms with Crippen LogP contribution < -0.4 is 5.32 Å². The molecule has 1 atom stereocenters. The van der Waals surface area contributed by atoms with Crippen LogP contribution in [0.5, 0.6) is 0 Å². The van der Waals surface area contributed by atoms with Gasteiger partial charge in [0.25, 0.3) is 0 Å². The first-order valence-corrected chi connectivity index (χ1v) is 8.08. The van der Waals surface area contributed by atoms with E-state index in [2.05, 4.69) is 44.2 Å². The highest BCUT2D eigenvalue weighted by atomic mass is 35.5. The Morgan fingerprint density at radius 1 is 1.18 bits per heavy atom. The van der Waals surface area contributed by atoms with Crippen molar-refractivity contribution in [2.24, 2.45) is 5.41 Å². The van der Waals surface area contributed by atoms with Crippen LogP contribution in [0.4, 0.5) is 0 Å². The van der Waals surface area contributed by atoms with E-state index < -0.39 is 5.60 Å². The van der Waals surface area contributed by atoms with Crippen molar-refractivity contribution in [1.29, 1.82) is 0 Å². The zero-order chi connectivity index (χ0) is 16.7. The topological polar surface area (TPSA) is 35.5 Å². The Morgan fingerprint density at radius 3 is 2.36 bits per heavy atom. The third-order valence-corrected chi connectivity index (χ3v) is 4.09. The van der Waals surface area contributed by atoms with Gasteiger partial charge in [-0.2, -0.15) is 0 Å². The van der Waals surface area contributed by atoms with Gasteiger partial charge in [0.1, 0.15) is 0 Å². The summed E-state index contributed by atoms with van der Waals surface area (Å²) in [5.41, 5.74) is 2.22. The van der Waals surface area contributed by atoms with Crippen LogP contribution in [-0.2, 0) is 5.60 Å². The van der Waals surface area contributed by atoms with E-state index in [-0.39, 0.29) is 11.6 Å². The van der Waals surface area contributed by atoms with Gasteiger partial charge in [0, 0.05) is 23.8 Å². The van der Waals surface area contributed by atoms with Gasteiger partial charge < -0.3 is 15.3 Å². The number of benzene rings is 1. The molecule has 1 unspecified atom stereocenters. The lowest BCUT2D eigenvalue weighted by atomic mass is 9.90. The molecule has 0 fully saturated rings. The van der Waals surface area contributed by atoms with Crippen LogP contribution in [0.25, 0.3) is 5.70 Å². The van der Waals surface area contributed by atoms with E-state index in [0.717, 1.165) is 23.2 Å². The van der Waals surface area contributed by atoms with E-state index >= 15 is 0 Å². The molecule has 1 aromatic rings. The molecule has 122 valence electrons. The molecule has 1 aliphatic rings. The number of nitrogens with one attached hydrogen (secondary N) is 1. The maximum absolute atomic E-state index is 10.2. The van der Waals surface area contributed by atoms with Crippen molar-refractivity contribution in [2.45, 2.75) is 52.8 Å². The van der Waals surface area contributed by atoms with Crippen molar-refractivity contribution in [1.82, 2.24) is 10.2 Å². The van der Waals surface area contributed by atoms with Gasteiger partial charge in [-0.25, -0.2) is 0 Å². The van der Waals surface area contributed by atoms with E-state index in [1.807, 2.05) is 18.2 Å².